The molecule has 0 saturated heterocycles. The SMILES string of the molecule is CCCCCCCCCCCCCCCC(=O)OCCOCCNC(=O)OCc1ccccc1. The number of esters is 1. The molecule has 0 unspecified atom stereocenters. The second kappa shape index (κ2) is 22.7. The Bertz CT molecular complexity index is 608. The van der Waals surface area contributed by atoms with E-state index in [1.807, 2.05) is 30.3 Å². The average molecular weight is 478 g/mol. The van der Waals surface area contributed by atoms with Gasteiger partial charge in [0, 0.05) is 13.0 Å². The van der Waals surface area contributed by atoms with Gasteiger partial charge in [-0.1, -0.05) is 114 Å². The van der Waals surface area contributed by atoms with Gasteiger partial charge in [0.2, 0.25) is 0 Å². The third-order valence-corrected chi connectivity index (χ3v) is 5.70. The van der Waals surface area contributed by atoms with E-state index in [0.29, 0.717) is 26.2 Å². The quantitative estimate of drug-likeness (QED) is 0.144. The zero-order valence-corrected chi connectivity index (χ0v) is 21.4. The Kier molecular flexibility index (Phi) is 20.0. The minimum absolute atomic E-state index is 0.158. The molecule has 0 fully saturated rings. The molecule has 1 rings (SSSR count). The summed E-state index contributed by atoms with van der Waals surface area (Å²) in [5.74, 6) is -0.158. The molecule has 34 heavy (non-hydrogen) atoms. The average Bonchev–Trinajstić information content (AvgIpc) is 2.85. The molecule has 6 heteroatoms. The molecule has 0 aliphatic heterocycles. The minimum atomic E-state index is -0.475. The van der Waals surface area contributed by atoms with Crippen molar-refractivity contribution in [3.8, 4) is 0 Å². The Morgan fingerprint density at radius 3 is 1.91 bits per heavy atom. The van der Waals surface area contributed by atoms with E-state index in [9.17, 15) is 9.59 Å². The van der Waals surface area contributed by atoms with E-state index in [2.05, 4.69) is 12.2 Å². The van der Waals surface area contributed by atoms with Gasteiger partial charge in [-0.2, -0.15) is 0 Å². The molecule has 194 valence electrons. The number of carbonyl (C=O) groups is 2. The van der Waals surface area contributed by atoms with Crippen molar-refractivity contribution < 1.29 is 23.8 Å². The van der Waals surface area contributed by atoms with Crippen molar-refractivity contribution in [2.45, 2.75) is 103 Å². The second-order valence-corrected chi connectivity index (χ2v) is 8.81. The van der Waals surface area contributed by atoms with Gasteiger partial charge in [0.05, 0.1) is 13.2 Å². The van der Waals surface area contributed by atoms with Crippen LogP contribution in [0.3, 0.4) is 0 Å². The van der Waals surface area contributed by atoms with Gasteiger partial charge >= 0.3 is 12.1 Å². The van der Waals surface area contributed by atoms with Crippen LogP contribution in [0.2, 0.25) is 0 Å². The van der Waals surface area contributed by atoms with E-state index >= 15 is 0 Å². The molecule has 0 aliphatic rings. The molecule has 0 spiro atoms. The van der Waals surface area contributed by atoms with Crippen LogP contribution >= 0.6 is 0 Å². The number of hydrogen-bond acceptors (Lipinski definition) is 5. The normalized spacial score (nSPS) is 10.7. The summed E-state index contributed by atoms with van der Waals surface area (Å²) >= 11 is 0. The van der Waals surface area contributed by atoms with Gasteiger partial charge < -0.3 is 19.5 Å². The van der Waals surface area contributed by atoms with Crippen molar-refractivity contribution in [3.05, 3.63) is 35.9 Å². The Hall–Kier alpha value is -2.08. The molecule has 0 saturated carbocycles. The summed E-state index contributed by atoms with van der Waals surface area (Å²) in [6.45, 7) is 3.76. The Morgan fingerprint density at radius 2 is 1.29 bits per heavy atom. The lowest BCUT2D eigenvalue weighted by molar-refractivity contribution is -0.145. The Labute approximate surface area is 207 Å². The minimum Gasteiger partial charge on any atom is -0.463 e. The number of hydrogen-bond donors (Lipinski definition) is 1. The number of rotatable bonds is 22. The summed E-state index contributed by atoms with van der Waals surface area (Å²) in [5, 5.41) is 2.63. The van der Waals surface area contributed by atoms with Crippen molar-refractivity contribution in [3.63, 3.8) is 0 Å². The maximum absolute atomic E-state index is 11.8. The Balaban J connectivity index is 1.78. The molecular weight excluding hydrogens is 430 g/mol. The predicted molar refractivity (Wildman–Crippen MR) is 137 cm³/mol. The van der Waals surface area contributed by atoms with Gasteiger partial charge in [-0.25, -0.2) is 4.79 Å². The number of alkyl carbamates (subject to hydrolysis) is 1. The first-order chi connectivity index (χ1) is 16.7. The summed E-state index contributed by atoms with van der Waals surface area (Å²) in [6, 6.07) is 9.51. The van der Waals surface area contributed by atoms with E-state index in [4.69, 9.17) is 14.2 Å². The highest BCUT2D eigenvalue weighted by Gasteiger charge is 2.04. The lowest BCUT2D eigenvalue weighted by atomic mass is 10.0. The molecule has 0 aromatic heterocycles. The Morgan fingerprint density at radius 1 is 0.706 bits per heavy atom. The van der Waals surface area contributed by atoms with Gasteiger partial charge in [-0.3, -0.25) is 4.79 Å². The summed E-state index contributed by atoms with van der Waals surface area (Å²) < 4.78 is 15.7. The first kappa shape index (κ1) is 30.0. The maximum Gasteiger partial charge on any atom is 0.407 e. The number of amides is 1. The number of carbonyl (C=O) groups excluding carboxylic acids is 2. The lowest BCUT2D eigenvalue weighted by Crippen LogP contribution is -2.28. The highest BCUT2D eigenvalue weighted by molar-refractivity contribution is 5.69. The lowest BCUT2D eigenvalue weighted by Gasteiger charge is -2.08. The van der Waals surface area contributed by atoms with Crippen LogP contribution in [0.15, 0.2) is 30.3 Å². The van der Waals surface area contributed by atoms with Gasteiger partial charge in [0.15, 0.2) is 0 Å². The fourth-order valence-corrected chi connectivity index (χ4v) is 3.68. The zero-order valence-electron chi connectivity index (χ0n) is 21.4. The van der Waals surface area contributed by atoms with Crippen LogP contribution < -0.4 is 5.32 Å². The first-order valence-electron chi connectivity index (χ1n) is 13.4. The fourth-order valence-electron chi connectivity index (χ4n) is 3.68. The highest BCUT2D eigenvalue weighted by atomic mass is 16.6. The molecule has 0 aliphatic carbocycles. The van der Waals surface area contributed by atoms with E-state index in [1.165, 1.54) is 70.6 Å². The smallest absolute Gasteiger partial charge is 0.407 e. The van der Waals surface area contributed by atoms with Crippen molar-refractivity contribution in [2.24, 2.45) is 0 Å². The van der Waals surface area contributed by atoms with Gasteiger partial charge in [0.25, 0.3) is 0 Å². The van der Waals surface area contributed by atoms with Crippen LogP contribution in [-0.4, -0.2) is 38.4 Å². The highest BCUT2D eigenvalue weighted by Crippen LogP contribution is 2.13. The summed E-state index contributed by atoms with van der Waals surface area (Å²) in [7, 11) is 0. The fraction of sp³-hybridized carbons (Fsp3) is 0.714. The molecule has 1 aromatic carbocycles. The molecule has 0 atom stereocenters. The molecule has 0 heterocycles. The van der Waals surface area contributed by atoms with Crippen molar-refractivity contribution >= 4 is 12.1 Å². The molecule has 1 aromatic rings. The topological polar surface area (TPSA) is 73.9 Å². The third-order valence-electron chi connectivity index (χ3n) is 5.70. The van der Waals surface area contributed by atoms with Crippen LogP contribution in [-0.2, 0) is 25.6 Å². The molecule has 1 amide bonds. The first-order valence-corrected chi connectivity index (χ1v) is 13.4. The van der Waals surface area contributed by atoms with E-state index in [-0.39, 0.29) is 19.2 Å². The molecule has 0 radical (unpaired) electrons. The van der Waals surface area contributed by atoms with Gasteiger partial charge in [-0.15, -0.1) is 0 Å². The summed E-state index contributed by atoms with van der Waals surface area (Å²) in [4.78, 5) is 23.4. The van der Waals surface area contributed by atoms with Crippen LogP contribution in [0.1, 0.15) is 102 Å². The molecule has 1 N–H and O–H groups in total. The number of nitrogens with one attached hydrogen (secondary N) is 1. The molecular formula is C28H47NO5. The maximum atomic E-state index is 11.8. The van der Waals surface area contributed by atoms with Crippen molar-refractivity contribution in [2.75, 3.05) is 26.4 Å². The van der Waals surface area contributed by atoms with Crippen molar-refractivity contribution in [1.29, 1.82) is 0 Å². The second-order valence-electron chi connectivity index (χ2n) is 8.81. The monoisotopic (exact) mass is 477 g/mol. The summed E-state index contributed by atoms with van der Waals surface area (Å²) in [5.41, 5.74) is 0.939. The van der Waals surface area contributed by atoms with E-state index in [1.54, 1.807) is 0 Å². The largest absolute Gasteiger partial charge is 0.463 e. The van der Waals surface area contributed by atoms with Crippen molar-refractivity contribution in [1.82, 2.24) is 5.32 Å². The van der Waals surface area contributed by atoms with Gasteiger partial charge in [-0.05, 0) is 12.0 Å². The van der Waals surface area contributed by atoms with Crippen LogP contribution in [0, 0.1) is 0 Å². The predicted octanol–water partition coefficient (Wildman–Crippen LogP) is 6.95. The van der Waals surface area contributed by atoms with Crippen LogP contribution in [0.5, 0.6) is 0 Å². The third kappa shape index (κ3) is 19.4. The van der Waals surface area contributed by atoms with E-state index < -0.39 is 6.09 Å². The molecule has 6 nitrogen and oxygen atoms in total. The molecule has 0 bridgehead atoms. The van der Waals surface area contributed by atoms with Gasteiger partial charge in [0.1, 0.15) is 13.2 Å². The van der Waals surface area contributed by atoms with E-state index in [0.717, 1.165) is 18.4 Å². The number of unbranched alkanes of at least 4 members (excludes halogenated alkanes) is 12. The van der Waals surface area contributed by atoms with Crippen LogP contribution in [0.4, 0.5) is 4.79 Å². The van der Waals surface area contributed by atoms with Crippen LogP contribution in [0.25, 0.3) is 0 Å². The standard InChI is InChI=1S/C28H47NO5/c1-2-3-4-5-6-7-8-9-10-11-12-13-17-20-27(30)33-24-23-32-22-21-29-28(31)34-25-26-18-15-14-16-19-26/h14-16,18-19H,2-13,17,20-25H2,1H3,(H,29,31). The number of benzene rings is 1. The number of ether oxygens (including phenoxy) is 3. The zero-order chi connectivity index (χ0) is 24.5. The summed E-state index contributed by atoms with van der Waals surface area (Å²) in [6.07, 6.45) is 16.8.